The number of nitrogens with one attached hydrogen (secondary N) is 1. The number of rotatable bonds is 5. The Balaban J connectivity index is 3.06. The van der Waals surface area contributed by atoms with Gasteiger partial charge in [0, 0.05) is 31.8 Å². The van der Waals surface area contributed by atoms with Gasteiger partial charge in [-0.15, -0.1) is 0 Å². The summed E-state index contributed by atoms with van der Waals surface area (Å²) in [4.78, 5) is 24.0. The number of anilines is 1. The molecule has 1 atom stereocenters. The minimum Gasteiger partial charge on any atom is -0.383 e. The Hall–Kier alpha value is -2.62. The Labute approximate surface area is 117 Å². The SMILES string of the molecule is CNc1cc(C(=O)N(C)C(C)CC#N)ccc1[N+](=O)[O-]. The highest BCUT2D eigenvalue weighted by molar-refractivity contribution is 5.96. The number of hydrogen-bond donors (Lipinski definition) is 1. The van der Waals surface area contributed by atoms with Crippen molar-refractivity contribution in [2.24, 2.45) is 0 Å². The van der Waals surface area contributed by atoms with Gasteiger partial charge in [0.05, 0.1) is 17.4 Å². The number of carbonyl (C=O) groups excluding carboxylic acids is 1. The van der Waals surface area contributed by atoms with E-state index in [0.717, 1.165) is 0 Å². The molecule has 7 nitrogen and oxygen atoms in total. The van der Waals surface area contributed by atoms with E-state index in [2.05, 4.69) is 5.32 Å². The molecule has 106 valence electrons. The van der Waals surface area contributed by atoms with Gasteiger partial charge in [0.25, 0.3) is 11.6 Å². The third-order valence-corrected chi connectivity index (χ3v) is 3.08. The highest BCUT2D eigenvalue weighted by Crippen LogP contribution is 2.25. The molecular weight excluding hydrogens is 260 g/mol. The molecule has 20 heavy (non-hydrogen) atoms. The maximum atomic E-state index is 12.2. The Morgan fingerprint density at radius 3 is 2.75 bits per heavy atom. The van der Waals surface area contributed by atoms with Gasteiger partial charge in [-0.1, -0.05) is 0 Å². The van der Waals surface area contributed by atoms with E-state index in [9.17, 15) is 14.9 Å². The fourth-order valence-corrected chi connectivity index (χ4v) is 1.70. The maximum Gasteiger partial charge on any atom is 0.292 e. The van der Waals surface area contributed by atoms with Gasteiger partial charge in [-0.2, -0.15) is 5.26 Å². The van der Waals surface area contributed by atoms with Crippen LogP contribution in [0.1, 0.15) is 23.7 Å². The summed E-state index contributed by atoms with van der Waals surface area (Å²) in [5.41, 5.74) is 0.534. The van der Waals surface area contributed by atoms with Crippen LogP contribution in [0, 0.1) is 21.4 Å². The van der Waals surface area contributed by atoms with E-state index in [-0.39, 0.29) is 29.7 Å². The molecule has 0 spiro atoms. The van der Waals surface area contributed by atoms with E-state index in [1.165, 1.54) is 23.1 Å². The summed E-state index contributed by atoms with van der Waals surface area (Å²) >= 11 is 0. The average Bonchev–Trinajstić information content (AvgIpc) is 2.44. The third-order valence-electron chi connectivity index (χ3n) is 3.08. The Morgan fingerprint density at radius 1 is 1.60 bits per heavy atom. The first-order valence-corrected chi connectivity index (χ1v) is 6.02. The van der Waals surface area contributed by atoms with Crippen molar-refractivity contribution >= 4 is 17.3 Å². The normalized spacial score (nSPS) is 11.3. The number of benzene rings is 1. The minimum absolute atomic E-state index is 0.0863. The van der Waals surface area contributed by atoms with Crippen LogP contribution in [0.5, 0.6) is 0 Å². The van der Waals surface area contributed by atoms with Crippen LogP contribution >= 0.6 is 0 Å². The van der Waals surface area contributed by atoms with E-state index in [4.69, 9.17) is 5.26 Å². The van der Waals surface area contributed by atoms with Crippen LogP contribution in [0.15, 0.2) is 18.2 Å². The largest absolute Gasteiger partial charge is 0.383 e. The van der Waals surface area contributed by atoms with Crippen LogP contribution < -0.4 is 5.32 Å². The summed E-state index contributed by atoms with van der Waals surface area (Å²) in [5, 5.41) is 22.2. The molecule has 1 amide bonds. The second-order valence-corrected chi connectivity index (χ2v) is 4.37. The molecule has 0 heterocycles. The van der Waals surface area contributed by atoms with Crippen molar-refractivity contribution in [1.82, 2.24) is 4.90 Å². The van der Waals surface area contributed by atoms with Gasteiger partial charge in [-0.25, -0.2) is 0 Å². The van der Waals surface area contributed by atoms with Crippen molar-refractivity contribution in [3.8, 4) is 6.07 Å². The van der Waals surface area contributed by atoms with Gasteiger partial charge < -0.3 is 10.2 Å². The standard InChI is InChI=1S/C13H16N4O3/c1-9(6-7-14)16(3)13(18)10-4-5-12(17(19)20)11(8-10)15-2/h4-5,8-9,15H,6H2,1-3H3. The lowest BCUT2D eigenvalue weighted by Gasteiger charge is -2.23. The summed E-state index contributed by atoms with van der Waals surface area (Å²) in [7, 11) is 3.16. The molecule has 7 heteroatoms. The lowest BCUT2D eigenvalue weighted by atomic mass is 10.1. The van der Waals surface area contributed by atoms with Gasteiger partial charge in [-0.05, 0) is 19.1 Å². The smallest absolute Gasteiger partial charge is 0.292 e. The number of carbonyl (C=O) groups is 1. The quantitative estimate of drug-likeness (QED) is 0.655. The van der Waals surface area contributed by atoms with Crippen LogP contribution in [0.4, 0.5) is 11.4 Å². The minimum atomic E-state index is -0.512. The van der Waals surface area contributed by atoms with Crippen molar-refractivity contribution in [3.05, 3.63) is 33.9 Å². The lowest BCUT2D eigenvalue weighted by molar-refractivity contribution is -0.383. The summed E-state index contributed by atoms with van der Waals surface area (Å²) < 4.78 is 0. The van der Waals surface area contributed by atoms with Gasteiger partial charge in [0.15, 0.2) is 0 Å². The summed E-state index contributed by atoms with van der Waals surface area (Å²) in [6.45, 7) is 1.77. The first kappa shape index (κ1) is 15.4. The van der Waals surface area contributed by atoms with Crippen LogP contribution in [0.3, 0.4) is 0 Å². The highest BCUT2D eigenvalue weighted by atomic mass is 16.6. The van der Waals surface area contributed by atoms with Crippen LogP contribution in [-0.4, -0.2) is 35.9 Å². The molecule has 0 aliphatic heterocycles. The molecule has 0 saturated carbocycles. The summed E-state index contributed by atoms with van der Waals surface area (Å²) in [6.07, 6.45) is 0.230. The van der Waals surface area contributed by atoms with Crippen molar-refractivity contribution in [3.63, 3.8) is 0 Å². The Kier molecular flexibility index (Phi) is 5.03. The van der Waals surface area contributed by atoms with Gasteiger partial charge >= 0.3 is 0 Å². The van der Waals surface area contributed by atoms with Crippen molar-refractivity contribution < 1.29 is 9.72 Å². The second kappa shape index (κ2) is 6.52. The molecule has 0 saturated heterocycles. The molecule has 1 aromatic carbocycles. The zero-order valence-corrected chi connectivity index (χ0v) is 11.6. The predicted octanol–water partition coefficient (Wildman–Crippen LogP) is 2.01. The van der Waals surface area contributed by atoms with Gasteiger partial charge in [0.2, 0.25) is 0 Å². The molecule has 0 bridgehead atoms. The van der Waals surface area contributed by atoms with Crippen molar-refractivity contribution in [1.29, 1.82) is 5.26 Å². The predicted molar refractivity (Wildman–Crippen MR) is 74.4 cm³/mol. The topological polar surface area (TPSA) is 99.3 Å². The van der Waals surface area contributed by atoms with E-state index in [0.29, 0.717) is 5.56 Å². The Morgan fingerprint density at radius 2 is 2.25 bits per heavy atom. The van der Waals surface area contributed by atoms with Crippen LogP contribution in [-0.2, 0) is 0 Å². The molecule has 1 aromatic rings. The number of hydrogen-bond acceptors (Lipinski definition) is 5. The maximum absolute atomic E-state index is 12.2. The van der Waals surface area contributed by atoms with Crippen molar-refractivity contribution in [2.45, 2.75) is 19.4 Å². The molecular formula is C13H16N4O3. The zero-order valence-electron chi connectivity index (χ0n) is 11.6. The van der Waals surface area contributed by atoms with Gasteiger partial charge in [-0.3, -0.25) is 14.9 Å². The molecule has 0 aliphatic carbocycles. The molecule has 0 fully saturated rings. The van der Waals surface area contributed by atoms with E-state index in [1.54, 1.807) is 21.0 Å². The fourth-order valence-electron chi connectivity index (χ4n) is 1.70. The van der Waals surface area contributed by atoms with Gasteiger partial charge in [0.1, 0.15) is 5.69 Å². The monoisotopic (exact) mass is 276 g/mol. The number of nitrogens with zero attached hydrogens (tertiary/aromatic N) is 3. The number of nitro benzene ring substituents is 1. The summed E-state index contributed by atoms with van der Waals surface area (Å²) in [5.74, 6) is -0.279. The van der Waals surface area contributed by atoms with E-state index in [1.807, 2.05) is 6.07 Å². The molecule has 1 unspecified atom stereocenters. The molecule has 0 aliphatic rings. The number of nitro groups is 1. The second-order valence-electron chi connectivity index (χ2n) is 4.37. The first-order chi connectivity index (χ1) is 9.42. The van der Waals surface area contributed by atoms with E-state index >= 15 is 0 Å². The average molecular weight is 276 g/mol. The number of nitriles is 1. The molecule has 1 N–H and O–H groups in total. The van der Waals surface area contributed by atoms with Crippen molar-refractivity contribution in [2.75, 3.05) is 19.4 Å². The third kappa shape index (κ3) is 3.23. The zero-order chi connectivity index (χ0) is 15.3. The lowest BCUT2D eigenvalue weighted by Crippen LogP contribution is -2.34. The Bertz CT molecular complexity index is 565. The fraction of sp³-hybridized carbons (Fsp3) is 0.385. The first-order valence-electron chi connectivity index (χ1n) is 6.02. The highest BCUT2D eigenvalue weighted by Gasteiger charge is 2.20. The van der Waals surface area contributed by atoms with Crippen LogP contribution in [0.25, 0.3) is 0 Å². The van der Waals surface area contributed by atoms with Crippen LogP contribution in [0.2, 0.25) is 0 Å². The molecule has 1 rings (SSSR count). The molecule has 0 radical (unpaired) electrons. The molecule has 0 aromatic heterocycles. The summed E-state index contributed by atoms with van der Waals surface area (Å²) in [6, 6.07) is 5.93. The number of amides is 1. The van der Waals surface area contributed by atoms with E-state index < -0.39 is 4.92 Å².